The molecule has 0 atom stereocenters. The number of nitrogens with one attached hydrogen (secondary N) is 2. The van der Waals surface area contributed by atoms with Crippen LogP contribution in [0.1, 0.15) is 44.3 Å². The maximum atomic E-state index is 5.50. The van der Waals surface area contributed by atoms with Crippen LogP contribution >= 0.6 is 11.3 Å². The van der Waals surface area contributed by atoms with Crippen LogP contribution in [0.2, 0.25) is 0 Å². The quantitative estimate of drug-likeness (QED) is 0.482. The maximum absolute atomic E-state index is 5.50. The van der Waals surface area contributed by atoms with Gasteiger partial charge in [-0.15, -0.1) is 11.3 Å². The van der Waals surface area contributed by atoms with Gasteiger partial charge in [0.05, 0.1) is 30.5 Å². The van der Waals surface area contributed by atoms with Crippen molar-refractivity contribution < 1.29 is 4.74 Å². The van der Waals surface area contributed by atoms with Crippen molar-refractivity contribution >= 4 is 17.3 Å². The monoisotopic (exact) mass is 436 g/mol. The number of morpholine rings is 1. The summed E-state index contributed by atoms with van der Waals surface area (Å²) in [6.07, 6.45) is 2.46. The number of rotatable bonds is 8. The Hall–Kier alpha value is -1.22. The summed E-state index contributed by atoms with van der Waals surface area (Å²) in [6.45, 7) is 18.4. The first-order chi connectivity index (χ1) is 14.5. The molecule has 1 aromatic rings. The third-order valence-corrected chi connectivity index (χ3v) is 6.98. The molecule has 0 spiro atoms. The maximum Gasteiger partial charge on any atom is 0.191 e. The second-order valence-corrected chi connectivity index (χ2v) is 10.1. The Morgan fingerprint density at radius 2 is 1.97 bits per heavy atom. The molecule has 170 valence electrons. The molecule has 30 heavy (non-hydrogen) atoms. The molecule has 0 radical (unpaired) electrons. The summed E-state index contributed by atoms with van der Waals surface area (Å²) >= 11 is 1.75. The van der Waals surface area contributed by atoms with Gasteiger partial charge in [-0.2, -0.15) is 0 Å². The normalized spacial score (nSPS) is 20.5. The molecule has 1 aromatic heterocycles. The van der Waals surface area contributed by atoms with Crippen molar-refractivity contribution in [3.05, 3.63) is 16.1 Å². The molecule has 7 nitrogen and oxygen atoms in total. The van der Waals surface area contributed by atoms with Gasteiger partial charge in [-0.1, -0.05) is 0 Å². The fraction of sp³-hybridized carbons (Fsp3) is 0.818. The topological polar surface area (TPSA) is 65.0 Å². The number of likely N-dealkylation sites (tertiary alicyclic amines) is 1. The molecule has 0 bridgehead atoms. The highest BCUT2D eigenvalue weighted by Gasteiger charge is 2.28. The first kappa shape index (κ1) is 23.4. The lowest BCUT2D eigenvalue weighted by Crippen LogP contribution is -2.52. The van der Waals surface area contributed by atoms with E-state index in [9.17, 15) is 0 Å². The molecule has 0 amide bonds. The lowest BCUT2D eigenvalue weighted by molar-refractivity contribution is -0.00684. The van der Waals surface area contributed by atoms with Crippen LogP contribution in [0.3, 0.4) is 0 Å². The van der Waals surface area contributed by atoms with Crippen LogP contribution < -0.4 is 10.6 Å². The molecule has 2 N–H and O–H groups in total. The van der Waals surface area contributed by atoms with Crippen LogP contribution in [0.25, 0.3) is 0 Å². The van der Waals surface area contributed by atoms with E-state index in [0.717, 1.165) is 76.5 Å². The Kier molecular flexibility index (Phi) is 8.92. The van der Waals surface area contributed by atoms with Crippen molar-refractivity contribution in [2.24, 2.45) is 10.9 Å². The number of thiazole rings is 1. The smallest absolute Gasteiger partial charge is 0.191 e. The van der Waals surface area contributed by atoms with Crippen molar-refractivity contribution in [3.8, 4) is 0 Å². The Bertz CT molecular complexity index is 662. The Morgan fingerprint density at radius 1 is 1.23 bits per heavy atom. The zero-order chi connectivity index (χ0) is 21.4. The minimum atomic E-state index is 0.0471. The predicted molar refractivity (Wildman–Crippen MR) is 125 cm³/mol. The minimum absolute atomic E-state index is 0.0471. The average molecular weight is 437 g/mol. The highest BCUT2D eigenvalue weighted by Crippen LogP contribution is 2.20. The molecular weight excluding hydrogens is 396 g/mol. The van der Waals surface area contributed by atoms with Gasteiger partial charge in [0.15, 0.2) is 5.96 Å². The molecule has 2 aliphatic rings. The molecule has 2 aliphatic heterocycles. The van der Waals surface area contributed by atoms with E-state index in [0.29, 0.717) is 5.92 Å². The van der Waals surface area contributed by atoms with E-state index < -0.39 is 0 Å². The second kappa shape index (κ2) is 11.4. The Morgan fingerprint density at radius 3 is 2.60 bits per heavy atom. The Labute approximate surface area is 186 Å². The minimum Gasteiger partial charge on any atom is -0.379 e. The summed E-state index contributed by atoms with van der Waals surface area (Å²) in [7, 11) is 0. The van der Waals surface area contributed by atoms with Gasteiger partial charge in [0, 0.05) is 43.6 Å². The van der Waals surface area contributed by atoms with Gasteiger partial charge in [0.25, 0.3) is 0 Å². The summed E-state index contributed by atoms with van der Waals surface area (Å²) < 4.78 is 5.50. The zero-order valence-electron chi connectivity index (χ0n) is 19.2. The lowest BCUT2D eigenvalue weighted by Gasteiger charge is -2.40. The number of aromatic nitrogens is 1. The van der Waals surface area contributed by atoms with E-state index in [1.54, 1.807) is 11.3 Å². The highest BCUT2D eigenvalue weighted by molar-refractivity contribution is 7.09. The third kappa shape index (κ3) is 7.18. The number of ether oxygens (including phenoxy) is 1. The zero-order valence-corrected chi connectivity index (χ0v) is 20.1. The van der Waals surface area contributed by atoms with Crippen LogP contribution in [0.15, 0.2) is 10.4 Å². The van der Waals surface area contributed by atoms with Crippen LogP contribution in [-0.4, -0.2) is 85.3 Å². The van der Waals surface area contributed by atoms with Crippen molar-refractivity contribution in [2.75, 3.05) is 59.0 Å². The fourth-order valence-corrected chi connectivity index (χ4v) is 4.79. The molecule has 3 rings (SSSR count). The van der Waals surface area contributed by atoms with Gasteiger partial charge in [-0.25, -0.2) is 4.98 Å². The van der Waals surface area contributed by atoms with Gasteiger partial charge < -0.3 is 15.4 Å². The van der Waals surface area contributed by atoms with E-state index in [-0.39, 0.29) is 5.54 Å². The van der Waals surface area contributed by atoms with Crippen molar-refractivity contribution in [3.63, 3.8) is 0 Å². The molecule has 0 saturated carbocycles. The van der Waals surface area contributed by atoms with Gasteiger partial charge in [0.2, 0.25) is 0 Å². The van der Waals surface area contributed by atoms with E-state index in [4.69, 9.17) is 9.73 Å². The van der Waals surface area contributed by atoms with E-state index in [1.165, 1.54) is 18.5 Å². The standard InChI is InChI=1S/C22H40N6OS/c1-5-23-21(25-17-22(3,4)28-10-12-29-13-11-28)24-14-19-6-8-27(9-7-19)15-20-16-30-18(2)26-20/h16,19H,5-15,17H2,1-4H3,(H2,23,24,25). The van der Waals surface area contributed by atoms with Gasteiger partial charge >= 0.3 is 0 Å². The van der Waals surface area contributed by atoms with Crippen LogP contribution in [0, 0.1) is 12.8 Å². The van der Waals surface area contributed by atoms with Gasteiger partial charge in [-0.3, -0.25) is 14.8 Å². The van der Waals surface area contributed by atoms with Crippen molar-refractivity contribution in [1.82, 2.24) is 25.4 Å². The molecule has 0 aliphatic carbocycles. The van der Waals surface area contributed by atoms with Gasteiger partial charge in [0.1, 0.15) is 0 Å². The molecular formula is C22H40N6OS. The second-order valence-electron chi connectivity index (χ2n) is 9.07. The van der Waals surface area contributed by atoms with Crippen molar-refractivity contribution in [1.29, 1.82) is 0 Å². The van der Waals surface area contributed by atoms with Gasteiger partial charge in [-0.05, 0) is 59.5 Å². The summed E-state index contributed by atoms with van der Waals surface area (Å²) in [6, 6.07) is 0. The fourth-order valence-electron chi connectivity index (χ4n) is 4.18. The third-order valence-electron chi connectivity index (χ3n) is 6.15. The van der Waals surface area contributed by atoms with E-state index >= 15 is 0 Å². The van der Waals surface area contributed by atoms with Crippen LogP contribution in [0.4, 0.5) is 0 Å². The SMILES string of the molecule is CCNC(=NCC(C)(C)N1CCOCC1)NCC1CCN(Cc2csc(C)n2)CC1. The number of piperidine rings is 1. The number of nitrogens with zero attached hydrogens (tertiary/aromatic N) is 4. The average Bonchev–Trinajstić information content (AvgIpc) is 3.16. The molecule has 8 heteroatoms. The molecule has 2 saturated heterocycles. The number of hydrogen-bond donors (Lipinski definition) is 2. The lowest BCUT2D eigenvalue weighted by atomic mass is 9.97. The molecule has 2 fully saturated rings. The first-order valence-electron chi connectivity index (χ1n) is 11.4. The summed E-state index contributed by atoms with van der Waals surface area (Å²) in [5.74, 6) is 1.65. The van der Waals surface area contributed by atoms with E-state index in [1.807, 2.05) is 0 Å². The largest absolute Gasteiger partial charge is 0.379 e. The first-order valence-corrected chi connectivity index (χ1v) is 12.3. The number of aliphatic imine (C=N–C) groups is 1. The van der Waals surface area contributed by atoms with Crippen molar-refractivity contribution in [2.45, 2.75) is 52.6 Å². The summed E-state index contributed by atoms with van der Waals surface area (Å²) in [5, 5.41) is 10.4. The molecule has 0 unspecified atom stereocenters. The number of guanidine groups is 1. The highest BCUT2D eigenvalue weighted by atomic mass is 32.1. The molecule has 0 aromatic carbocycles. The summed E-state index contributed by atoms with van der Waals surface area (Å²) in [5.41, 5.74) is 1.27. The van der Waals surface area contributed by atoms with E-state index in [2.05, 4.69) is 58.5 Å². The number of aryl methyl sites for hydroxylation is 1. The molecule has 3 heterocycles. The van der Waals surface area contributed by atoms with Crippen LogP contribution in [0.5, 0.6) is 0 Å². The van der Waals surface area contributed by atoms with Crippen LogP contribution in [-0.2, 0) is 11.3 Å². The predicted octanol–water partition coefficient (Wildman–Crippen LogP) is 2.33. The number of hydrogen-bond acceptors (Lipinski definition) is 6. The Balaban J connectivity index is 1.42. The summed E-state index contributed by atoms with van der Waals surface area (Å²) in [4.78, 5) is 14.5.